The molecule has 0 aromatic rings. The van der Waals surface area contributed by atoms with Crippen LogP contribution in [0.1, 0.15) is 46.5 Å². The summed E-state index contributed by atoms with van der Waals surface area (Å²) in [6.45, 7) is 6.36. The molecule has 1 heteroatoms. The lowest BCUT2D eigenvalue weighted by molar-refractivity contribution is 0.565. The van der Waals surface area contributed by atoms with Crippen LogP contribution < -0.4 is 0 Å². The summed E-state index contributed by atoms with van der Waals surface area (Å²) in [5.74, 6) is 0. The summed E-state index contributed by atoms with van der Waals surface area (Å²) in [5, 5.41) is 0. The molecule has 0 aromatic carbocycles. The molecule has 0 nitrogen and oxygen atoms in total. The summed E-state index contributed by atoms with van der Waals surface area (Å²) < 4.78 is 0. The van der Waals surface area contributed by atoms with Gasteiger partial charge in [0.1, 0.15) is 0 Å². The van der Waals surface area contributed by atoms with E-state index in [1.807, 2.05) is 0 Å². The van der Waals surface area contributed by atoms with Gasteiger partial charge in [0.2, 0.25) is 0 Å². The Morgan fingerprint density at radius 3 is 2.11 bits per heavy atom. The molecule has 0 aliphatic heterocycles. The van der Waals surface area contributed by atoms with Crippen molar-refractivity contribution in [3.63, 3.8) is 0 Å². The van der Waals surface area contributed by atoms with Crippen molar-refractivity contribution in [3.8, 4) is 0 Å². The summed E-state index contributed by atoms with van der Waals surface area (Å²) in [6, 6.07) is 0. The minimum absolute atomic E-state index is 0.0230. The molecule has 0 fully saturated rings. The third-order valence-electron chi connectivity index (χ3n) is 1.37. The molecule has 9 heavy (non-hydrogen) atoms. The van der Waals surface area contributed by atoms with Gasteiger partial charge >= 0.3 is 0 Å². The Morgan fingerprint density at radius 1 is 1.22 bits per heavy atom. The molecule has 0 unspecified atom stereocenters. The maximum Gasteiger partial charge on any atom is 0.0390 e. The third-order valence-corrected chi connectivity index (χ3v) is 1.56. The van der Waals surface area contributed by atoms with Gasteiger partial charge in [-0.1, -0.05) is 26.2 Å². The van der Waals surface area contributed by atoms with Gasteiger partial charge in [-0.3, -0.25) is 0 Å². The number of alkyl halides is 1. The first-order valence-corrected chi connectivity index (χ1v) is 4.13. The van der Waals surface area contributed by atoms with E-state index in [0.29, 0.717) is 0 Å². The second-order valence-electron chi connectivity index (χ2n) is 3.18. The number of hydrogen-bond acceptors (Lipinski definition) is 0. The van der Waals surface area contributed by atoms with Gasteiger partial charge in [-0.05, 0) is 20.3 Å². The zero-order valence-corrected chi connectivity index (χ0v) is 7.46. The molecule has 0 amide bonds. The summed E-state index contributed by atoms with van der Waals surface area (Å²) >= 11 is 5.97. The highest BCUT2D eigenvalue weighted by Crippen LogP contribution is 2.20. The predicted octanol–water partition coefficient (Wildman–Crippen LogP) is 3.58. The number of halogens is 1. The summed E-state index contributed by atoms with van der Waals surface area (Å²) in [5.41, 5.74) is 0. The Balaban J connectivity index is 3.07. The lowest BCUT2D eigenvalue weighted by Gasteiger charge is -2.13. The van der Waals surface area contributed by atoms with E-state index in [2.05, 4.69) is 20.8 Å². The Hall–Kier alpha value is 0.290. The zero-order chi connectivity index (χ0) is 7.33. The van der Waals surface area contributed by atoms with Crippen LogP contribution in [0.3, 0.4) is 0 Å². The molecular weight excluding hydrogens is 132 g/mol. The molecule has 0 spiro atoms. The smallest absolute Gasteiger partial charge is 0.0390 e. The predicted molar refractivity (Wildman–Crippen MR) is 44.1 cm³/mol. The van der Waals surface area contributed by atoms with Gasteiger partial charge in [-0.2, -0.15) is 0 Å². The monoisotopic (exact) mass is 148 g/mol. The van der Waals surface area contributed by atoms with Crippen LogP contribution in [0.4, 0.5) is 0 Å². The van der Waals surface area contributed by atoms with Crippen molar-refractivity contribution in [2.24, 2.45) is 0 Å². The average Bonchev–Trinajstić information content (AvgIpc) is 1.63. The Bertz CT molecular complexity index is 61.5. The first-order valence-electron chi connectivity index (χ1n) is 3.75. The fraction of sp³-hybridized carbons (Fsp3) is 1.00. The van der Waals surface area contributed by atoms with E-state index in [-0.39, 0.29) is 4.87 Å². The van der Waals surface area contributed by atoms with Gasteiger partial charge in [0.25, 0.3) is 0 Å². The van der Waals surface area contributed by atoms with E-state index in [0.717, 1.165) is 6.42 Å². The second-order valence-corrected chi connectivity index (χ2v) is 4.20. The minimum Gasteiger partial charge on any atom is -0.120 e. The SMILES string of the molecule is CCCCCC(C)(C)Cl. The molecule has 0 aromatic heterocycles. The normalized spacial score (nSPS) is 12.0. The van der Waals surface area contributed by atoms with Gasteiger partial charge in [0.15, 0.2) is 0 Å². The summed E-state index contributed by atoms with van der Waals surface area (Å²) in [4.78, 5) is 0.0230. The van der Waals surface area contributed by atoms with Crippen LogP contribution in [-0.2, 0) is 0 Å². The highest BCUT2D eigenvalue weighted by Gasteiger charge is 2.10. The maximum atomic E-state index is 5.97. The topological polar surface area (TPSA) is 0 Å². The number of hydrogen-bond donors (Lipinski definition) is 0. The molecule has 0 saturated heterocycles. The van der Waals surface area contributed by atoms with Gasteiger partial charge < -0.3 is 0 Å². The van der Waals surface area contributed by atoms with Crippen LogP contribution in [0.15, 0.2) is 0 Å². The minimum atomic E-state index is 0.0230. The quantitative estimate of drug-likeness (QED) is 0.422. The highest BCUT2D eigenvalue weighted by molar-refractivity contribution is 6.23. The fourth-order valence-corrected chi connectivity index (χ4v) is 0.929. The molecule has 0 bridgehead atoms. The van der Waals surface area contributed by atoms with Crippen molar-refractivity contribution in [3.05, 3.63) is 0 Å². The Kier molecular flexibility index (Phi) is 4.29. The Morgan fingerprint density at radius 2 is 1.78 bits per heavy atom. The lowest BCUT2D eigenvalue weighted by atomic mass is 10.1. The van der Waals surface area contributed by atoms with Crippen LogP contribution in [-0.4, -0.2) is 4.87 Å². The van der Waals surface area contributed by atoms with Crippen LogP contribution in [0, 0.1) is 0 Å². The fourth-order valence-electron chi connectivity index (χ4n) is 0.795. The van der Waals surface area contributed by atoms with E-state index < -0.39 is 0 Å². The number of rotatable bonds is 4. The molecule has 0 N–H and O–H groups in total. The first-order chi connectivity index (χ1) is 4.06. The van der Waals surface area contributed by atoms with Crippen molar-refractivity contribution in [2.75, 3.05) is 0 Å². The molecule has 0 aliphatic rings. The van der Waals surface area contributed by atoms with Gasteiger partial charge in [0.05, 0.1) is 0 Å². The molecular formula is C8H17Cl. The van der Waals surface area contributed by atoms with Crippen molar-refractivity contribution < 1.29 is 0 Å². The van der Waals surface area contributed by atoms with Crippen molar-refractivity contribution in [1.82, 2.24) is 0 Å². The Labute approximate surface area is 63.6 Å². The van der Waals surface area contributed by atoms with E-state index in [1.165, 1.54) is 19.3 Å². The number of unbranched alkanes of at least 4 members (excludes halogenated alkanes) is 2. The molecule has 0 rings (SSSR count). The zero-order valence-electron chi connectivity index (χ0n) is 6.71. The first kappa shape index (κ1) is 9.29. The van der Waals surface area contributed by atoms with Crippen LogP contribution in [0.2, 0.25) is 0 Å². The van der Waals surface area contributed by atoms with E-state index >= 15 is 0 Å². The van der Waals surface area contributed by atoms with E-state index in [4.69, 9.17) is 11.6 Å². The van der Waals surface area contributed by atoms with Crippen LogP contribution in [0.5, 0.6) is 0 Å². The summed E-state index contributed by atoms with van der Waals surface area (Å²) in [6.07, 6.45) is 5.01. The van der Waals surface area contributed by atoms with Crippen molar-refractivity contribution >= 4 is 11.6 Å². The van der Waals surface area contributed by atoms with Gasteiger partial charge in [-0.25, -0.2) is 0 Å². The highest BCUT2D eigenvalue weighted by atomic mass is 35.5. The molecule has 0 aliphatic carbocycles. The largest absolute Gasteiger partial charge is 0.120 e. The maximum absolute atomic E-state index is 5.97. The van der Waals surface area contributed by atoms with Crippen molar-refractivity contribution in [2.45, 2.75) is 51.3 Å². The molecule has 0 atom stereocenters. The van der Waals surface area contributed by atoms with Gasteiger partial charge in [-0.15, -0.1) is 11.6 Å². The third kappa shape index (κ3) is 8.29. The molecule has 0 saturated carbocycles. The van der Waals surface area contributed by atoms with Crippen LogP contribution >= 0.6 is 11.6 Å². The lowest BCUT2D eigenvalue weighted by Crippen LogP contribution is -2.08. The van der Waals surface area contributed by atoms with E-state index in [9.17, 15) is 0 Å². The standard InChI is InChI=1S/C8H17Cl/c1-4-5-6-7-8(2,3)9/h4-7H2,1-3H3. The van der Waals surface area contributed by atoms with Crippen molar-refractivity contribution in [1.29, 1.82) is 0 Å². The molecule has 56 valence electrons. The second kappa shape index (κ2) is 4.16. The average molecular weight is 149 g/mol. The van der Waals surface area contributed by atoms with Crippen LogP contribution in [0.25, 0.3) is 0 Å². The summed E-state index contributed by atoms with van der Waals surface area (Å²) in [7, 11) is 0. The molecule has 0 radical (unpaired) electrons. The molecule has 0 heterocycles. The van der Waals surface area contributed by atoms with E-state index in [1.54, 1.807) is 0 Å². The van der Waals surface area contributed by atoms with Gasteiger partial charge in [0, 0.05) is 4.87 Å².